The third-order valence-corrected chi connectivity index (χ3v) is 4.85. The number of methoxy groups -OCH3 is 1. The van der Waals surface area contributed by atoms with Gasteiger partial charge in [0.15, 0.2) is 0 Å². The summed E-state index contributed by atoms with van der Waals surface area (Å²) in [6.07, 6.45) is 4.03. The Balaban J connectivity index is 2.35. The Hall–Kier alpha value is -3.39. The van der Waals surface area contributed by atoms with Gasteiger partial charge in [-0.1, -0.05) is 69.3 Å². The molecule has 0 aliphatic rings. The number of allylic oxidation sites excluding steroid dienone is 1. The Morgan fingerprint density at radius 1 is 1.13 bits per heavy atom. The highest BCUT2D eigenvalue weighted by atomic mass is 16.5. The van der Waals surface area contributed by atoms with Crippen LogP contribution in [0.4, 0.5) is 0 Å². The topological polar surface area (TPSA) is 70.4 Å². The highest BCUT2D eigenvalue weighted by Gasteiger charge is 2.32. The zero-order valence-corrected chi connectivity index (χ0v) is 18.0. The van der Waals surface area contributed by atoms with Gasteiger partial charge in [-0.05, 0) is 41.2 Å². The van der Waals surface area contributed by atoms with E-state index < -0.39 is 12.0 Å². The second-order valence-electron chi connectivity index (χ2n) is 7.34. The maximum absolute atomic E-state index is 12.8. The van der Waals surface area contributed by atoms with Crippen LogP contribution in [0, 0.1) is 17.2 Å². The summed E-state index contributed by atoms with van der Waals surface area (Å²) in [4.78, 5) is 26.8. The van der Waals surface area contributed by atoms with Crippen molar-refractivity contribution in [1.82, 2.24) is 4.90 Å². The molecule has 0 spiro atoms. The number of carbonyl (C=O) groups is 2. The molecule has 0 heterocycles. The van der Waals surface area contributed by atoms with E-state index in [4.69, 9.17) is 4.74 Å². The number of benzene rings is 2. The van der Waals surface area contributed by atoms with Gasteiger partial charge in [-0.3, -0.25) is 4.79 Å². The highest BCUT2D eigenvalue weighted by molar-refractivity contribution is 5.91. The molecule has 1 amide bonds. The maximum Gasteiger partial charge on any atom is 0.328 e. The first kappa shape index (κ1) is 22.9. The van der Waals surface area contributed by atoms with Crippen LogP contribution in [-0.2, 0) is 20.9 Å². The molecule has 0 saturated heterocycles. The monoisotopic (exact) mass is 404 g/mol. The van der Waals surface area contributed by atoms with E-state index in [1.807, 2.05) is 63.2 Å². The van der Waals surface area contributed by atoms with E-state index in [1.54, 1.807) is 17.0 Å². The minimum atomic E-state index is -0.678. The Kier molecular flexibility index (Phi) is 8.37. The molecule has 2 rings (SSSR count). The number of carbonyl (C=O) groups excluding carboxylic acids is 2. The number of hydrogen-bond donors (Lipinski definition) is 0. The predicted octanol–water partition coefficient (Wildman–Crippen LogP) is 4.72. The van der Waals surface area contributed by atoms with Crippen LogP contribution in [0.5, 0.6) is 0 Å². The molecule has 1 atom stereocenters. The highest BCUT2D eigenvalue weighted by Crippen LogP contribution is 2.25. The van der Waals surface area contributed by atoms with Crippen molar-refractivity contribution in [3.05, 3.63) is 71.8 Å². The van der Waals surface area contributed by atoms with Crippen molar-refractivity contribution in [1.29, 1.82) is 5.26 Å². The normalized spacial score (nSPS) is 11.9. The smallest absolute Gasteiger partial charge is 0.328 e. The SMILES string of the molecule is CC/C=C/C(=O)N(Cc1ccc(-c2ccccc2C#N)cc1)[C@H](C(=O)OC)C(C)C. The number of esters is 1. The van der Waals surface area contributed by atoms with Gasteiger partial charge in [0.25, 0.3) is 0 Å². The third kappa shape index (κ3) is 5.57. The van der Waals surface area contributed by atoms with E-state index in [9.17, 15) is 14.9 Å². The van der Waals surface area contributed by atoms with Crippen LogP contribution in [0.25, 0.3) is 11.1 Å². The fourth-order valence-electron chi connectivity index (χ4n) is 3.33. The van der Waals surface area contributed by atoms with Crippen molar-refractivity contribution in [3.8, 4) is 17.2 Å². The summed E-state index contributed by atoms with van der Waals surface area (Å²) in [5.74, 6) is -0.749. The molecule has 0 radical (unpaired) electrons. The number of amides is 1. The molecular weight excluding hydrogens is 376 g/mol. The van der Waals surface area contributed by atoms with E-state index in [0.717, 1.165) is 23.1 Å². The molecule has 2 aromatic rings. The molecular formula is C25H28N2O3. The standard InChI is InChI=1S/C25H28N2O3/c1-5-6-11-23(28)27(24(18(2)3)25(29)30-4)17-19-12-14-20(15-13-19)22-10-8-7-9-21(22)16-26/h6-15,18,24H,5,17H2,1-4H3/b11-6+/t24-/m0/s1. The molecule has 156 valence electrons. The maximum atomic E-state index is 12.8. The Morgan fingerprint density at radius 3 is 2.37 bits per heavy atom. The summed E-state index contributed by atoms with van der Waals surface area (Å²) < 4.78 is 4.96. The zero-order valence-electron chi connectivity index (χ0n) is 18.0. The van der Waals surface area contributed by atoms with Crippen LogP contribution in [0.15, 0.2) is 60.7 Å². The minimum Gasteiger partial charge on any atom is -0.467 e. The lowest BCUT2D eigenvalue weighted by molar-refractivity contribution is -0.153. The fourth-order valence-corrected chi connectivity index (χ4v) is 3.33. The van der Waals surface area contributed by atoms with Crippen LogP contribution >= 0.6 is 0 Å². The average Bonchev–Trinajstić information content (AvgIpc) is 2.77. The number of rotatable bonds is 8. The largest absolute Gasteiger partial charge is 0.467 e. The molecule has 5 heteroatoms. The van der Waals surface area contributed by atoms with Gasteiger partial charge >= 0.3 is 5.97 Å². The van der Waals surface area contributed by atoms with Gasteiger partial charge in [0, 0.05) is 6.54 Å². The molecule has 0 unspecified atom stereocenters. The molecule has 0 N–H and O–H groups in total. The van der Waals surface area contributed by atoms with Crippen molar-refractivity contribution in [2.75, 3.05) is 7.11 Å². The van der Waals surface area contributed by atoms with Crippen LogP contribution < -0.4 is 0 Å². The number of ether oxygens (including phenoxy) is 1. The first-order chi connectivity index (χ1) is 14.4. The summed E-state index contributed by atoms with van der Waals surface area (Å²) in [7, 11) is 1.34. The number of hydrogen-bond acceptors (Lipinski definition) is 4. The first-order valence-corrected chi connectivity index (χ1v) is 10.1. The van der Waals surface area contributed by atoms with Crippen LogP contribution in [0.2, 0.25) is 0 Å². The van der Waals surface area contributed by atoms with Gasteiger partial charge in [0.2, 0.25) is 5.91 Å². The summed E-state index contributed by atoms with van der Waals surface area (Å²) in [6.45, 7) is 6.03. The van der Waals surface area contributed by atoms with Gasteiger partial charge in [-0.15, -0.1) is 0 Å². The molecule has 2 aromatic carbocycles. The number of nitrogens with zero attached hydrogens (tertiary/aromatic N) is 2. The van der Waals surface area contributed by atoms with Crippen LogP contribution in [0.1, 0.15) is 38.3 Å². The molecule has 0 aliphatic carbocycles. The van der Waals surface area contributed by atoms with Gasteiger partial charge in [-0.2, -0.15) is 5.26 Å². The van der Waals surface area contributed by atoms with Crippen LogP contribution in [-0.4, -0.2) is 29.9 Å². The van der Waals surface area contributed by atoms with E-state index >= 15 is 0 Å². The van der Waals surface area contributed by atoms with E-state index in [0.29, 0.717) is 5.56 Å². The predicted molar refractivity (Wildman–Crippen MR) is 117 cm³/mol. The Labute approximate surface area is 178 Å². The van der Waals surface area contributed by atoms with Crippen LogP contribution in [0.3, 0.4) is 0 Å². The summed E-state index contributed by atoms with van der Waals surface area (Å²) in [6, 6.07) is 16.7. The van der Waals surface area contributed by atoms with Crippen molar-refractivity contribution >= 4 is 11.9 Å². The molecule has 0 aliphatic heterocycles. The number of nitriles is 1. The van der Waals surface area contributed by atoms with E-state index in [-0.39, 0.29) is 18.4 Å². The molecule has 0 aromatic heterocycles. The van der Waals surface area contributed by atoms with Gasteiger partial charge < -0.3 is 9.64 Å². The lowest BCUT2D eigenvalue weighted by atomic mass is 9.98. The van der Waals surface area contributed by atoms with Crippen molar-refractivity contribution in [2.24, 2.45) is 5.92 Å². The van der Waals surface area contributed by atoms with Gasteiger partial charge in [0.1, 0.15) is 6.04 Å². The van der Waals surface area contributed by atoms with E-state index in [2.05, 4.69) is 6.07 Å². The zero-order chi connectivity index (χ0) is 22.1. The average molecular weight is 405 g/mol. The summed E-state index contributed by atoms with van der Waals surface area (Å²) >= 11 is 0. The molecule has 30 heavy (non-hydrogen) atoms. The van der Waals surface area contributed by atoms with Gasteiger partial charge in [-0.25, -0.2) is 4.79 Å². The lowest BCUT2D eigenvalue weighted by Crippen LogP contribution is -2.47. The second kappa shape index (κ2) is 11.0. The second-order valence-corrected chi connectivity index (χ2v) is 7.34. The van der Waals surface area contributed by atoms with Crippen molar-refractivity contribution in [3.63, 3.8) is 0 Å². The minimum absolute atomic E-state index is 0.0989. The molecule has 5 nitrogen and oxygen atoms in total. The molecule has 0 fully saturated rings. The molecule has 0 bridgehead atoms. The quantitative estimate of drug-likeness (QED) is 0.472. The van der Waals surface area contributed by atoms with Crippen molar-refractivity contribution in [2.45, 2.75) is 39.8 Å². The summed E-state index contributed by atoms with van der Waals surface area (Å²) in [5, 5.41) is 9.33. The third-order valence-electron chi connectivity index (χ3n) is 4.85. The Morgan fingerprint density at radius 2 is 1.80 bits per heavy atom. The molecule has 0 saturated carbocycles. The lowest BCUT2D eigenvalue weighted by Gasteiger charge is -2.32. The fraction of sp³-hybridized carbons (Fsp3) is 0.320. The van der Waals surface area contributed by atoms with Gasteiger partial charge in [0.05, 0.1) is 18.7 Å². The first-order valence-electron chi connectivity index (χ1n) is 10.1. The van der Waals surface area contributed by atoms with E-state index in [1.165, 1.54) is 13.2 Å². The van der Waals surface area contributed by atoms with Crippen molar-refractivity contribution < 1.29 is 14.3 Å². The summed E-state index contributed by atoms with van der Waals surface area (Å²) in [5.41, 5.74) is 3.28. The Bertz CT molecular complexity index is 940.